The smallest absolute Gasteiger partial charge is 0.257 e. The van der Waals surface area contributed by atoms with E-state index in [2.05, 4.69) is 10.2 Å². The summed E-state index contributed by atoms with van der Waals surface area (Å²) in [6.45, 7) is 1.12. The van der Waals surface area contributed by atoms with Gasteiger partial charge >= 0.3 is 0 Å². The van der Waals surface area contributed by atoms with Gasteiger partial charge in [0, 0.05) is 24.4 Å². The average Bonchev–Trinajstić information content (AvgIpc) is 3.11. The first-order valence-electron chi connectivity index (χ1n) is 9.30. The van der Waals surface area contributed by atoms with E-state index < -0.39 is 11.7 Å². The lowest BCUT2D eigenvalue weighted by atomic mass is 9.57. The Morgan fingerprint density at radius 3 is 2.72 bits per heavy atom. The van der Waals surface area contributed by atoms with E-state index in [1.165, 1.54) is 12.1 Å². The van der Waals surface area contributed by atoms with Crippen molar-refractivity contribution in [1.29, 1.82) is 0 Å². The Balaban J connectivity index is 1.22. The van der Waals surface area contributed by atoms with Gasteiger partial charge in [-0.05, 0) is 43.2 Å². The van der Waals surface area contributed by atoms with Crippen LogP contribution in [0.1, 0.15) is 35.0 Å². The number of benzene rings is 2. The number of aromatic nitrogens is 2. The van der Waals surface area contributed by atoms with Gasteiger partial charge < -0.3 is 14.4 Å². The fourth-order valence-electron chi connectivity index (χ4n) is 4.32. The van der Waals surface area contributed by atoms with Crippen LogP contribution < -0.4 is 0 Å². The molecule has 1 saturated heterocycles. The number of phenolic OH excluding ortho intramolecular Hbond substituents is 1. The molecule has 0 atom stereocenters. The molecule has 2 heterocycles. The Morgan fingerprint density at radius 1 is 1.21 bits per heavy atom. The zero-order valence-corrected chi connectivity index (χ0v) is 16.1. The average molecular weight is 414 g/mol. The number of phenols is 1. The highest BCUT2D eigenvalue weighted by atomic mass is 35.5. The van der Waals surface area contributed by atoms with E-state index in [-0.39, 0.29) is 22.6 Å². The van der Waals surface area contributed by atoms with Gasteiger partial charge in [0.05, 0.1) is 16.1 Å². The third-order valence-electron chi connectivity index (χ3n) is 5.77. The second kappa shape index (κ2) is 6.56. The predicted octanol–water partition coefficient (Wildman–Crippen LogP) is 4.25. The predicted molar refractivity (Wildman–Crippen MR) is 103 cm³/mol. The quantitative estimate of drug-likeness (QED) is 0.694. The van der Waals surface area contributed by atoms with E-state index in [9.17, 15) is 14.3 Å². The molecule has 1 amide bonds. The molecule has 1 aromatic heterocycles. The van der Waals surface area contributed by atoms with Gasteiger partial charge in [0.25, 0.3) is 5.91 Å². The lowest BCUT2D eigenvalue weighted by Gasteiger charge is -2.58. The summed E-state index contributed by atoms with van der Waals surface area (Å²) in [4.78, 5) is 14.1. The maximum Gasteiger partial charge on any atom is 0.257 e. The number of rotatable bonds is 3. The van der Waals surface area contributed by atoms with Crippen LogP contribution in [0.25, 0.3) is 11.5 Å². The van der Waals surface area contributed by atoms with Crippen LogP contribution in [-0.2, 0) is 0 Å². The first-order chi connectivity index (χ1) is 13.9. The minimum atomic E-state index is -0.627. The van der Waals surface area contributed by atoms with Crippen LogP contribution in [0, 0.1) is 11.2 Å². The summed E-state index contributed by atoms with van der Waals surface area (Å²) in [6.07, 6.45) is 1.67. The minimum absolute atomic E-state index is 0.0205. The van der Waals surface area contributed by atoms with Gasteiger partial charge in [-0.3, -0.25) is 4.79 Å². The van der Waals surface area contributed by atoms with Gasteiger partial charge in [-0.25, -0.2) is 4.39 Å². The number of aromatic hydroxyl groups is 1. The second-order valence-corrected chi connectivity index (χ2v) is 8.26. The van der Waals surface area contributed by atoms with Crippen LogP contribution in [0.3, 0.4) is 0 Å². The van der Waals surface area contributed by atoms with Crippen molar-refractivity contribution in [2.75, 3.05) is 13.1 Å². The van der Waals surface area contributed by atoms with Crippen molar-refractivity contribution >= 4 is 17.5 Å². The molecule has 1 aliphatic carbocycles. The van der Waals surface area contributed by atoms with Crippen molar-refractivity contribution in [3.05, 3.63) is 64.8 Å². The van der Waals surface area contributed by atoms with Crippen LogP contribution in [0.2, 0.25) is 5.02 Å². The molecular weight excluding hydrogens is 397 g/mol. The van der Waals surface area contributed by atoms with Crippen LogP contribution in [-0.4, -0.2) is 39.2 Å². The van der Waals surface area contributed by atoms with E-state index in [1.807, 2.05) is 18.2 Å². The summed E-state index contributed by atoms with van der Waals surface area (Å²) < 4.78 is 19.7. The Labute approximate surface area is 170 Å². The zero-order valence-electron chi connectivity index (χ0n) is 15.3. The highest BCUT2D eigenvalue weighted by molar-refractivity contribution is 6.33. The molecule has 148 valence electrons. The molecule has 2 aromatic carbocycles. The van der Waals surface area contributed by atoms with Crippen molar-refractivity contribution in [3.8, 4) is 17.2 Å². The fourth-order valence-corrected chi connectivity index (χ4v) is 4.53. The van der Waals surface area contributed by atoms with E-state index in [0.29, 0.717) is 35.5 Å². The topological polar surface area (TPSA) is 79.5 Å². The largest absolute Gasteiger partial charge is 0.508 e. The van der Waals surface area contributed by atoms with Crippen molar-refractivity contribution in [3.63, 3.8) is 0 Å². The molecule has 3 aromatic rings. The summed E-state index contributed by atoms with van der Waals surface area (Å²) in [5.74, 6) is -0.0250. The van der Waals surface area contributed by atoms with Crippen molar-refractivity contribution in [1.82, 2.24) is 15.1 Å². The second-order valence-electron chi connectivity index (χ2n) is 7.86. The maximum absolute atomic E-state index is 13.9. The van der Waals surface area contributed by atoms with E-state index >= 15 is 0 Å². The van der Waals surface area contributed by atoms with Crippen LogP contribution in [0.4, 0.5) is 4.39 Å². The zero-order chi connectivity index (χ0) is 20.2. The van der Waals surface area contributed by atoms with Gasteiger partial charge in [0.1, 0.15) is 11.6 Å². The normalized spacial score (nSPS) is 17.8. The molecule has 8 heteroatoms. The van der Waals surface area contributed by atoms with E-state index in [1.54, 1.807) is 11.0 Å². The van der Waals surface area contributed by atoms with Crippen LogP contribution >= 0.6 is 11.6 Å². The molecule has 5 rings (SSSR count). The van der Waals surface area contributed by atoms with Crippen LogP contribution in [0.5, 0.6) is 5.75 Å². The molecule has 1 spiro atoms. The van der Waals surface area contributed by atoms with Crippen molar-refractivity contribution < 1.29 is 18.7 Å². The van der Waals surface area contributed by atoms with Gasteiger partial charge in [-0.1, -0.05) is 23.7 Å². The number of halogens is 2. The number of carbonyl (C=O) groups is 1. The Kier molecular flexibility index (Phi) is 4.10. The SMILES string of the molecule is O=C(c1cc(O)ccc1F)N1CC2(CC(c3nnc(-c4ccccc4Cl)o3)C2)C1. The van der Waals surface area contributed by atoms with E-state index in [4.69, 9.17) is 16.0 Å². The lowest BCUT2D eigenvalue weighted by Crippen LogP contribution is -2.63. The first kappa shape index (κ1) is 18.1. The maximum atomic E-state index is 13.9. The number of amides is 1. The molecule has 0 radical (unpaired) electrons. The molecule has 2 fully saturated rings. The van der Waals surface area contributed by atoms with Gasteiger partial charge in [-0.2, -0.15) is 0 Å². The molecule has 1 N–H and O–H groups in total. The Hall–Kier alpha value is -2.93. The Bertz CT molecular complexity index is 1100. The molecule has 1 saturated carbocycles. The van der Waals surface area contributed by atoms with Crippen molar-refractivity contribution in [2.24, 2.45) is 5.41 Å². The van der Waals surface area contributed by atoms with Gasteiger partial charge in [-0.15, -0.1) is 10.2 Å². The van der Waals surface area contributed by atoms with Crippen molar-refractivity contribution in [2.45, 2.75) is 18.8 Å². The summed E-state index contributed by atoms with van der Waals surface area (Å²) in [5.41, 5.74) is 0.625. The van der Waals surface area contributed by atoms with Gasteiger partial charge in [0.15, 0.2) is 0 Å². The molecule has 2 aliphatic rings. The highest BCUT2D eigenvalue weighted by Crippen LogP contribution is 2.56. The molecule has 29 heavy (non-hydrogen) atoms. The third kappa shape index (κ3) is 3.06. The third-order valence-corrected chi connectivity index (χ3v) is 6.10. The summed E-state index contributed by atoms with van der Waals surface area (Å²) in [6, 6.07) is 10.8. The molecule has 1 aliphatic heterocycles. The monoisotopic (exact) mass is 413 g/mol. The molecule has 0 unspecified atom stereocenters. The number of carbonyl (C=O) groups excluding carboxylic acids is 1. The summed E-state index contributed by atoms with van der Waals surface area (Å²) in [5, 5.41) is 18.3. The fraction of sp³-hybridized carbons (Fsp3) is 0.286. The summed E-state index contributed by atoms with van der Waals surface area (Å²) >= 11 is 6.18. The number of hydrogen-bond acceptors (Lipinski definition) is 5. The minimum Gasteiger partial charge on any atom is -0.508 e. The molecular formula is C21H17ClFN3O3. The molecule has 6 nitrogen and oxygen atoms in total. The molecule has 0 bridgehead atoms. The summed E-state index contributed by atoms with van der Waals surface area (Å²) in [7, 11) is 0. The van der Waals surface area contributed by atoms with Gasteiger partial charge in [0.2, 0.25) is 11.8 Å². The lowest BCUT2D eigenvalue weighted by molar-refractivity contribution is -0.0601. The number of nitrogens with zero attached hydrogens (tertiary/aromatic N) is 3. The highest BCUT2D eigenvalue weighted by Gasteiger charge is 2.55. The van der Waals surface area contributed by atoms with E-state index in [0.717, 1.165) is 18.9 Å². The standard InChI is InChI=1S/C21H17ClFN3O3/c22-16-4-2-1-3-14(16)19-25-24-18(29-19)12-8-21(9-12)10-26(11-21)20(28)15-7-13(27)5-6-17(15)23/h1-7,12,27H,8-11H2. The number of likely N-dealkylation sites (tertiary alicyclic amines) is 1. The van der Waals surface area contributed by atoms with Crippen LogP contribution in [0.15, 0.2) is 46.9 Å². The number of hydrogen-bond donors (Lipinski definition) is 1. The first-order valence-corrected chi connectivity index (χ1v) is 9.68. The Morgan fingerprint density at radius 2 is 1.97 bits per heavy atom.